The fourth-order valence-electron chi connectivity index (χ4n) is 4.81. The normalized spacial score (nSPS) is 20.8. The van der Waals surface area contributed by atoms with Crippen LogP contribution in [0.4, 0.5) is 8.78 Å². The molecule has 4 rings (SSSR count). The van der Waals surface area contributed by atoms with Crippen LogP contribution in [-0.2, 0) is 11.3 Å². The quantitative estimate of drug-likeness (QED) is 0.448. The number of aromatic nitrogens is 1. The number of amides is 2. The molecule has 190 valence electrons. The summed E-state index contributed by atoms with van der Waals surface area (Å²) < 4.78 is 40.3. The van der Waals surface area contributed by atoms with Crippen molar-refractivity contribution < 1.29 is 27.8 Å². The Kier molecular flexibility index (Phi) is 7.01. The van der Waals surface area contributed by atoms with Gasteiger partial charge in [-0.05, 0) is 12.5 Å². The van der Waals surface area contributed by atoms with Crippen LogP contribution in [0.5, 0.6) is 5.75 Å². The van der Waals surface area contributed by atoms with E-state index in [2.05, 4.69) is 18.5 Å². The molecule has 1 fully saturated rings. The molecule has 1 aromatic carbocycles. The van der Waals surface area contributed by atoms with Crippen LogP contribution in [0.25, 0.3) is 0 Å². The lowest BCUT2D eigenvalue weighted by atomic mass is 9.81. The van der Waals surface area contributed by atoms with E-state index in [1.165, 1.54) is 18.2 Å². The van der Waals surface area contributed by atoms with E-state index >= 15 is 0 Å². The summed E-state index contributed by atoms with van der Waals surface area (Å²) in [5.41, 5.74) is -2.12. The lowest BCUT2D eigenvalue weighted by molar-refractivity contribution is -0.0520. The van der Waals surface area contributed by atoms with Crippen molar-refractivity contribution >= 4 is 23.4 Å². The maximum absolute atomic E-state index is 14.3. The zero-order chi connectivity index (χ0) is 26.2. The second kappa shape index (κ2) is 9.87. The second-order valence-electron chi connectivity index (χ2n) is 8.44. The van der Waals surface area contributed by atoms with Crippen molar-refractivity contribution in [1.29, 1.82) is 0 Å². The Morgan fingerprint density at radius 2 is 2.11 bits per heavy atom. The van der Waals surface area contributed by atoms with Crippen molar-refractivity contribution in [2.45, 2.75) is 24.5 Å². The number of nitrogens with one attached hydrogen (secondary N) is 1. The molecule has 1 N–H and O–H groups in total. The van der Waals surface area contributed by atoms with Gasteiger partial charge in [-0.15, -0.1) is 13.2 Å². The van der Waals surface area contributed by atoms with Gasteiger partial charge >= 0.3 is 0 Å². The molecule has 0 unspecified atom stereocenters. The standard InChI is InChI=1S/C25H24ClF2N3O5/c1-4-9-31-24(34)20-22(35-3)21(32)15(12-30(20)17-8-10-36-13-25(17,31)5-2)23(33)29-11-14-6-7-16(27)18(26)19(14)28/h4-7,12,17H,1-2,8-11,13H2,3H3,(H,29,33)/t17-,25+/m0/s1. The number of fused-ring (bicyclic) bond motifs is 3. The Labute approximate surface area is 210 Å². The van der Waals surface area contributed by atoms with Gasteiger partial charge in [0.05, 0.1) is 19.8 Å². The topological polar surface area (TPSA) is 89.9 Å². The van der Waals surface area contributed by atoms with E-state index < -0.39 is 45.5 Å². The van der Waals surface area contributed by atoms with Crippen molar-refractivity contribution in [3.63, 3.8) is 0 Å². The maximum atomic E-state index is 14.3. The lowest BCUT2D eigenvalue weighted by Crippen LogP contribution is -2.64. The van der Waals surface area contributed by atoms with E-state index in [-0.39, 0.29) is 42.3 Å². The van der Waals surface area contributed by atoms with Crippen LogP contribution in [0, 0.1) is 11.6 Å². The summed E-state index contributed by atoms with van der Waals surface area (Å²) in [7, 11) is 1.24. The molecule has 1 saturated heterocycles. The minimum atomic E-state index is -1.01. The lowest BCUT2D eigenvalue weighted by Gasteiger charge is -2.53. The summed E-state index contributed by atoms with van der Waals surface area (Å²) in [5, 5.41) is 1.76. The average Bonchev–Trinajstić information content (AvgIpc) is 2.88. The SMILES string of the molecule is C=CCN1C(=O)c2c(OC)c(=O)c(C(=O)NCc3ccc(F)c(Cl)c3F)cn2[C@H]2CCOC[C@]21C=C. The zero-order valence-corrected chi connectivity index (χ0v) is 20.2. The summed E-state index contributed by atoms with van der Waals surface area (Å²) in [4.78, 5) is 41.4. The van der Waals surface area contributed by atoms with E-state index in [1.54, 1.807) is 16.7 Å². The maximum Gasteiger partial charge on any atom is 0.275 e. The number of carbonyl (C=O) groups excluding carboxylic acids is 2. The van der Waals surface area contributed by atoms with Gasteiger partial charge < -0.3 is 24.3 Å². The van der Waals surface area contributed by atoms with Gasteiger partial charge in [0.1, 0.15) is 27.8 Å². The van der Waals surface area contributed by atoms with Crippen molar-refractivity contribution in [3.05, 3.63) is 87.3 Å². The van der Waals surface area contributed by atoms with Crippen LogP contribution < -0.4 is 15.5 Å². The highest BCUT2D eigenvalue weighted by Crippen LogP contribution is 2.43. The first-order valence-corrected chi connectivity index (χ1v) is 11.5. The molecule has 2 amide bonds. The monoisotopic (exact) mass is 519 g/mol. The number of benzene rings is 1. The molecule has 36 heavy (non-hydrogen) atoms. The molecular formula is C25H24ClF2N3O5. The fourth-order valence-corrected chi connectivity index (χ4v) is 4.99. The van der Waals surface area contributed by atoms with Gasteiger partial charge in [0.25, 0.3) is 11.8 Å². The van der Waals surface area contributed by atoms with Gasteiger partial charge in [-0.2, -0.15) is 0 Å². The number of carbonyl (C=O) groups is 2. The van der Waals surface area contributed by atoms with Gasteiger partial charge in [0.15, 0.2) is 11.4 Å². The second-order valence-corrected chi connectivity index (χ2v) is 8.81. The van der Waals surface area contributed by atoms with Crippen LogP contribution in [-0.4, -0.2) is 53.7 Å². The summed E-state index contributed by atoms with van der Waals surface area (Å²) in [6, 6.07) is 1.71. The van der Waals surface area contributed by atoms with Gasteiger partial charge in [-0.1, -0.05) is 29.8 Å². The number of pyridine rings is 1. The third kappa shape index (κ3) is 3.90. The van der Waals surface area contributed by atoms with Gasteiger partial charge in [-0.3, -0.25) is 14.4 Å². The molecule has 0 bridgehead atoms. The van der Waals surface area contributed by atoms with Crippen LogP contribution in [0.1, 0.15) is 38.9 Å². The van der Waals surface area contributed by atoms with Crippen molar-refractivity contribution in [2.75, 3.05) is 26.9 Å². The minimum Gasteiger partial charge on any atom is -0.491 e. The highest BCUT2D eigenvalue weighted by molar-refractivity contribution is 6.30. The number of methoxy groups -OCH3 is 1. The largest absolute Gasteiger partial charge is 0.491 e. The smallest absolute Gasteiger partial charge is 0.275 e. The van der Waals surface area contributed by atoms with Crippen LogP contribution >= 0.6 is 11.6 Å². The summed E-state index contributed by atoms with van der Waals surface area (Å²) >= 11 is 5.61. The predicted molar refractivity (Wildman–Crippen MR) is 128 cm³/mol. The molecule has 2 aliphatic heterocycles. The number of ether oxygens (including phenoxy) is 2. The molecule has 2 aliphatic rings. The summed E-state index contributed by atoms with van der Waals surface area (Å²) in [6.45, 7) is 8.04. The van der Waals surface area contributed by atoms with Gasteiger partial charge in [0.2, 0.25) is 5.43 Å². The first-order chi connectivity index (χ1) is 17.2. The molecule has 0 spiro atoms. The third-order valence-corrected chi connectivity index (χ3v) is 6.94. The highest BCUT2D eigenvalue weighted by atomic mass is 35.5. The Bertz CT molecular complexity index is 1330. The van der Waals surface area contributed by atoms with E-state index in [9.17, 15) is 23.2 Å². The zero-order valence-electron chi connectivity index (χ0n) is 19.5. The first kappa shape index (κ1) is 25.6. The van der Waals surface area contributed by atoms with E-state index in [0.717, 1.165) is 12.1 Å². The van der Waals surface area contributed by atoms with Gasteiger partial charge in [0, 0.05) is 31.5 Å². The molecule has 0 radical (unpaired) electrons. The van der Waals surface area contributed by atoms with Crippen LogP contribution in [0.2, 0.25) is 5.02 Å². The van der Waals surface area contributed by atoms with E-state index in [4.69, 9.17) is 21.1 Å². The summed E-state index contributed by atoms with van der Waals surface area (Å²) in [6.07, 6.45) is 4.97. The Hall–Kier alpha value is -3.50. The number of hydrogen-bond donors (Lipinski definition) is 1. The molecule has 2 aromatic rings. The highest BCUT2D eigenvalue weighted by Gasteiger charge is 2.52. The third-order valence-electron chi connectivity index (χ3n) is 6.59. The number of rotatable bonds is 7. The molecule has 0 aliphatic carbocycles. The van der Waals surface area contributed by atoms with Crippen molar-refractivity contribution in [2.24, 2.45) is 0 Å². The molecule has 0 saturated carbocycles. The molecular weight excluding hydrogens is 496 g/mol. The molecule has 3 heterocycles. The Balaban J connectivity index is 1.79. The number of halogens is 3. The van der Waals surface area contributed by atoms with Crippen molar-refractivity contribution in [1.82, 2.24) is 14.8 Å². The molecule has 11 heteroatoms. The average molecular weight is 520 g/mol. The summed E-state index contributed by atoms with van der Waals surface area (Å²) in [5.74, 6) is -3.56. The van der Waals surface area contributed by atoms with Crippen LogP contribution in [0.3, 0.4) is 0 Å². The molecule has 8 nitrogen and oxygen atoms in total. The first-order valence-electron chi connectivity index (χ1n) is 11.1. The Morgan fingerprint density at radius 1 is 1.36 bits per heavy atom. The fraction of sp³-hybridized carbons (Fsp3) is 0.320. The predicted octanol–water partition coefficient (Wildman–Crippen LogP) is 3.25. The van der Waals surface area contributed by atoms with Gasteiger partial charge in [-0.25, -0.2) is 8.78 Å². The van der Waals surface area contributed by atoms with Crippen molar-refractivity contribution in [3.8, 4) is 5.75 Å². The number of nitrogens with zero attached hydrogens (tertiary/aromatic N) is 2. The Morgan fingerprint density at radius 3 is 2.78 bits per heavy atom. The van der Waals surface area contributed by atoms with E-state index in [1.807, 2.05) is 0 Å². The minimum absolute atomic E-state index is 0.00151. The van der Waals surface area contributed by atoms with E-state index in [0.29, 0.717) is 13.0 Å². The van der Waals surface area contributed by atoms with Crippen LogP contribution in [0.15, 0.2) is 48.4 Å². The molecule has 2 atom stereocenters. The number of hydrogen-bond acceptors (Lipinski definition) is 5. The molecule has 1 aromatic heterocycles.